The van der Waals surface area contributed by atoms with Crippen LogP contribution in [0.3, 0.4) is 0 Å². The Kier molecular flexibility index (Phi) is 7.06. The smallest absolute Gasteiger partial charge is 0.129 e. The summed E-state index contributed by atoms with van der Waals surface area (Å²) < 4.78 is 5.36. The molecule has 2 heteroatoms. The highest BCUT2D eigenvalue weighted by Gasteiger charge is 1.95. The van der Waals surface area contributed by atoms with Gasteiger partial charge < -0.3 is 9.53 Å². The molecule has 0 fully saturated rings. The van der Waals surface area contributed by atoms with Gasteiger partial charge >= 0.3 is 0 Å². The minimum Gasteiger partial charge on any atom is -0.379 e. The van der Waals surface area contributed by atoms with Gasteiger partial charge in [-0.25, -0.2) is 0 Å². The van der Waals surface area contributed by atoms with Crippen LogP contribution in [0.25, 0.3) is 0 Å². The molecule has 0 aromatic carbocycles. The second kappa shape index (κ2) is 7.29. The molecule has 0 rings (SSSR count). The average Bonchev–Trinajstić information content (AvgIpc) is 1.95. The van der Waals surface area contributed by atoms with Gasteiger partial charge in [0.2, 0.25) is 0 Å². The molecule has 0 bridgehead atoms. The van der Waals surface area contributed by atoms with Crippen molar-refractivity contribution in [1.29, 1.82) is 0 Å². The first-order valence-corrected chi connectivity index (χ1v) is 4.74. The highest BCUT2D eigenvalue weighted by molar-refractivity contribution is 5.75. The lowest BCUT2D eigenvalue weighted by Gasteiger charge is -2.06. The van der Waals surface area contributed by atoms with Gasteiger partial charge in [-0.2, -0.15) is 0 Å². The SMILES string of the molecule is CC(=O)CCCCCOC(C)C. The van der Waals surface area contributed by atoms with Gasteiger partial charge in [0.25, 0.3) is 0 Å². The number of ether oxygens (including phenoxy) is 1. The van der Waals surface area contributed by atoms with Gasteiger partial charge in [0.05, 0.1) is 6.10 Å². The van der Waals surface area contributed by atoms with Crippen molar-refractivity contribution in [2.24, 2.45) is 0 Å². The van der Waals surface area contributed by atoms with Crippen molar-refractivity contribution in [1.82, 2.24) is 0 Å². The molecule has 0 aliphatic heterocycles. The standard InChI is InChI=1S/C10H20O2/c1-9(2)12-8-6-4-5-7-10(3)11/h9H,4-8H2,1-3H3. The molecule has 0 saturated carbocycles. The largest absolute Gasteiger partial charge is 0.379 e. The third kappa shape index (κ3) is 9.63. The number of carbonyl (C=O) groups is 1. The number of hydrogen-bond donors (Lipinski definition) is 0. The van der Waals surface area contributed by atoms with Crippen LogP contribution in [0.5, 0.6) is 0 Å². The van der Waals surface area contributed by atoms with Crippen LogP contribution < -0.4 is 0 Å². The molecular weight excluding hydrogens is 152 g/mol. The van der Waals surface area contributed by atoms with E-state index in [0.717, 1.165) is 32.3 Å². The Morgan fingerprint density at radius 2 is 1.92 bits per heavy atom. The molecule has 0 heterocycles. The van der Waals surface area contributed by atoms with Gasteiger partial charge in [0, 0.05) is 13.0 Å². The van der Waals surface area contributed by atoms with Gasteiger partial charge in [0.1, 0.15) is 5.78 Å². The topological polar surface area (TPSA) is 26.3 Å². The van der Waals surface area contributed by atoms with Crippen LogP contribution in [0.4, 0.5) is 0 Å². The number of Topliss-reactive ketones (excluding diaryl/α,β-unsaturated/α-hetero) is 1. The molecule has 0 aliphatic carbocycles. The first-order chi connectivity index (χ1) is 5.63. The summed E-state index contributed by atoms with van der Waals surface area (Å²) in [5, 5.41) is 0. The molecule has 0 unspecified atom stereocenters. The van der Waals surface area contributed by atoms with Crippen LogP contribution in [0.15, 0.2) is 0 Å². The van der Waals surface area contributed by atoms with Crippen LogP contribution in [0.2, 0.25) is 0 Å². The predicted molar refractivity (Wildman–Crippen MR) is 50.2 cm³/mol. The second-order valence-electron chi connectivity index (χ2n) is 3.43. The molecule has 0 aromatic rings. The van der Waals surface area contributed by atoms with Crippen molar-refractivity contribution in [3.8, 4) is 0 Å². The van der Waals surface area contributed by atoms with Crippen molar-refractivity contribution in [2.45, 2.75) is 52.6 Å². The second-order valence-corrected chi connectivity index (χ2v) is 3.43. The highest BCUT2D eigenvalue weighted by Crippen LogP contribution is 2.01. The first-order valence-electron chi connectivity index (χ1n) is 4.74. The summed E-state index contributed by atoms with van der Waals surface area (Å²) in [5.41, 5.74) is 0. The van der Waals surface area contributed by atoms with E-state index in [0.29, 0.717) is 11.9 Å². The lowest BCUT2D eigenvalue weighted by Crippen LogP contribution is -2.03. The Balaban J connectivity index is 2.96. The monoisotopic (exact) mass is 172 g/mol. The Hall–Kier alpha value is -0.370. The fourth-order valence-electron chi connectivity index (χ4n) is 0.972. The fraction of sp³-hybridized carbons (Fsp3) is 0.900. The average molecular weight is 172 g/mol. The van der Waals surface area contributed by atoms with E-state index in [1.54, 1.807) is 6.92 Å². The third-order valence-electron chi connectivity index (χ3n) is 1.62. The third-order valence-corrected chi connectivity index (χ3v) is 1.62. The summed E-state index contributed by atoms with van der Waals surface area (Å²) in [4.78, 5) is 10.6. The number of carbonyl (C=O) groups excluding carboxylic acids is 1. The van der Waals surface area contributed by atoms with E-state index >= 15 is 0 Å². The molecule has 0 N–H and O–H groups in total. The first kappa shape index (κ1) is 11.6. The van der Waals surface area contributed by atoms with E-state index in [1.165, 1.54) is 0 Å². The summed E-state index contributed by atoms with van der Waals surface area (Å²) in [6, 6.07) is 0. The molecule has 0 radical (unpaired) electrons. The van der Waals surface area contributed by atoms with E-state index in [2.05, 4.69) is 0 Å². The van der Waals surface area contributed by atoms with Gasteiger partial charge in [-0.15, -0.1) is 0 Å². The van der Waals surface area contributed by atoms with Gasteiger partial charge in [-0.05, 0) is 33.6 Å². The lowest BCUT2D eigenvalue weighted by atomic mass is 10.1. The van der Waals surface area contributed by atoms with E-state index in [-0.39, 0.29) is 0 Å². The zero-order valence-electron chi connectivity index (χ0n) is 8.43. The number of ketones is 1. The van der Waals surface area contributed by atoms with Crippen molar-refractivity contribution in [3.63, 3.8) is 0 Å². The van der Waals surface area contributed by atoms with Crippen LogP contribution in [-0.2, 0) is 9.53 Å². The molecule has 0 atom stereocenters. The maximum Gasteiger partial charge on any atom is 0.129 e. The number of hydrogen-bond acceptors (Lipinski definition) is 2. The molecule has 0 saturated heterocycles. The number of rotatable bonds is 7. The van der Waals surface area contributed by atoms with E-state index < -0.39 is 0 Å². The quantitative estimate of drug-likeness (QED) is 0.552. The molecular formula is C10H20O2. The predicted octanol–water partition coefficient (Wildman–Crippen LogP) is 2.56. The summed E-state index contributed by atoms with van der Waals surface area (Å²) >= 11 is 0. The Morgan fingerprint density at radius 1 is 1.25 bits per heavy atom. The van der Waals surface area contributed by atoms with Gasteiger partial charge in [0.15, 0.2) is 0 Å². The van der Waals surface area contributed by atoms with E-state index in [1.807, 2.05) is 13.8 Å². The van der Waals surface area contributed by atoms with Crippen LogP contribution in [0.1, 0.15) is 46.5 Å². The zero-order chi connectivity index (χ0) is 9.40. The van der Waals surface area contributed by atoms with Crippen molar-refractivity contribution in [3.05, 3.63) is 0 Å². The maximum atomic E-state index is 10.6. The Labute approximate surface area is 75.3 Å². The highest BCUT2D eigenvalue weighted by atomic mass is 16.5. The minimum absolute atomic E-state index is 0.291. The molecule has 0 amide bonds. The number of unbranched alkanes of at least 4 members (excludes halogenated alkanes) is 2. The molecule has 2 nitrogen and oxygen atoms in total. The fourth-order valence-corrected chi connectivity index (χ4v) is 0.972. The maximum absolute atomic E-state index is 10.6. The summed E-state index contributed by atoms with van der Waals surface area (Å²) in [6.07, 6.45) is 4.24. The van der Waals surface area contributed by atoms with Gasteiger partial charge in [-0.3, -0.25) is 0 Å². The summed E-state index contributed by atoms with van der Waals surface area (Å²) in [6.45, 7) is 6.55. The van der Waals surface area contributed by atoms with E-state index in [9.17, 15) is 4.79 Å². The van der Waals surface area contributed by atoms with Crippen molar-refractivity contribution < 1.29 is 9.53 Å². The summed E-state index contributed by atoms with van der Waals surface area (Å²) in [7, 11) is 0. The van der Waals surface area contributed by atoms with Crippen LogP contribution >= 0.6 is 0 Å². The Bertz CT molecular complexity index is 119. The van der Waals surface area contributed by atoms with Crippen LogP contribution in [0, 0.1) is 0 Å². The zero-order valence-corrected chi connectivity index (χ0v) is 8.43. The molecule has 12 heavy (non-hydrogen) atoms. The van der Waals surface area contributed by atoms with Crippen molar-refractivity contribution in [2.75, 3.05) is 6.61 Å². The van der Waals surface area contributed by atoms with Crippen LogP contribution in [-0.4, -0.2) is 18.5 Å². The normalized spacial score (nSPS) is 10.7. The summed E-state index contributed by atoms with van der Waals surface area (Å²) in [5.74, 6) is 0.291. The molecule has 72 valence electrons. The van der Waals surface area contributed by atoms with Gasteiger partial charge in [-0.1, -0.05) is 6.42 Å². The molecule has 0 aliphatic rings. The lowest BCUT2D eigenvalue weighted by molar-refractivity contribution is -0.117. The van der Waals surface area contributed by atoms with E-state index in [4.69, 9.17) is 4.74 Å². The molecule has 0 spiro atoms. The molecule has 0 aromatic heterocycles. The Morgan fingerprint density at radius 3 is 2.42 bits per heavy atom. The minimum atomic E-state index is 0.291. The van der Waals surface area contributed by atoms with Crippen molar-refractivity contribution >= 4 is 5.78 Å².